The zero-order valence-electron chi connectivity index (χ0n) is 11.9. The smallest absolute Gasteiger partial charge is 0.0777 e. The van der Waals surface area contributed by atoms with Gasteiger partial charge in [-0.3, -0.25) is 0 Å². The van der Waals surface area contributed by atoms with Gasteiger partial charge < -0.3 is 9.84 Å². The molecule has 0 aromatic carbocycles. The molecule has 104 valence electrons. The van der Waals surface area contributed by atoms with Crippen LogP contribution in [0.4, 0.5) is 0 Å². The largest absolute Gasteiger partial charge is 0.394 e. The van der Waals surface area contributed by atoms with Gasteiger partial charge in [-0.2, -0.15) is 0 Å². The van der Waals surface area contributed by atoms with Crippen molar-refractivity contribution in [1.29, 1.82) is 0 Å². The van der Waals surface area contributed by atoms with E-state index in [1.165, 1.54) is 57.8 Å². The Hall–Kier alpha value is -0.0800. The summed E-state index contributed by atoms with van der Waals surface area (Å²) in [6, 6.07) is 0. The molecule has 17 heavy (non-hydrogen) atoms. The minimum atomic E-state index is 0.00793. The van der Waals surface area contributed by atoms with Crippen LogP contribution >= 0.6 is 0 Å². The first-order valence-electron chi connectivity index (χ1n) is 7.53. The zero-order valence-corrected chi connectivity index (χ0v) is 11.9. The highest BCUT2D eigenvalue weighted by molar-refractivity contribution is 4.49. The van der Waals surface area contributed by atoms with Crippen molar-refractivity contribution in [3.05, 3.63) is 0 Å². The fourth-order valence-corrected chi connectivity index (χ4v) is 1.93. The van der Waals surface area contributed by atoms with Crippen molar-refractivity contribution in [3.8, 4) is 0 Å². The van der Waals surface area contributed by atoms with Gasteiger partial charge in [0, 0.05) is 6.61 Å². The first kappa shape index (κ1) is 16.9. The van der Waals surface area contributed by atoms with Crippen molar-refractivity contribution < 1.29 is 9.84 Å². The van der Waals surface area contributed by atoms with E-state index in [1.54, 1.807) is 0 Å². The molecule has 0 aromatic rings. The molecule has 0 rings (SSSR count). The molecule has 0 saturated heterocycles. The molecule has 1 atom stereocenters. The van der Waals surface area contributed by atoms with Crippen LogP contribution in [0.2, 0.25) is 0 Å². The lowest BCUT2D eigenvalue weighted by atomic mass is 10.1. The average molecular weight is 244 g/mol. The maximum absolute atomic E-state index is 8.77. The quantitative estimate of drug-likeness (QED) is 0.489. The van der Waals surface area contributed by atoms with E-state index in [0.717, 1.165) is 13.0 Å². The Morgan fingerprint density at radius 2 is 1.29 bits per heavy atom. The summed E-state index contributed by atoms with van der Waals surface area (Å²) < 4.78 is 5.41. The average Bonchev–Trinajstić information content (AvgIpc) is 2.35. The van der Waals surface area contributed by atoms with Gasteiger partial charge >= 0.3 is 0 Å². The number of ether oxygens (including phenoxy) is 1. The predicted octanol–water partition coefficient (Wildman–Crippen LogP) is 4.30. The van der Waals surface area contributed by atoms with Gasteiger partial charge in [0.15, 0.2) is 0 Å². The third-order valence-corrected chi connectivity index (χ3v) is 3.16. The van der Waals surface area contributed by atoms with Gasteiger partial charge in [-0.15, -0.1) is 0 Å². The summed E-state index contributed by atoms with van der Waals surface area (Å²) in [5, 5.41) is 8.77. The fraction of sp³-hybridized carbons (Fsp3) is 1.00. The highest BCUT2D eigenvalue weighted by atomic mass is 16.5. The second kappa shape index (κ2) is 14.0. The Bertz CT molecular complexity index is 137. The van der Waals surface area contributed by atoms with E-state index < -0.39 is 0 Å². The highest BCUT2D eigenvalue weighted by Crippen LogP contribution is 2.10. The van der Waals surface area contributed by atoms with Crippen molar-refractivity contribution in [3.63, 3.8) is 0 Å². The first-order chi connectivity index (χ1) is 8.31. The Balaban J connectivity index is 2.94. The van der Waals surface area contributed by atoms with Crippen LogP contribution < -0.4 is 0 Å². The Morgan fingerprint density at radius 3 is 1.76 bits per heavy atom. The molecule has 0 spiro atoms. The standard InChI is InChI=1S/C15H32O2/c1-3-4-5-6-7-8-9-10-11-12-13-17-15(2)14-16/h15-16H,3-14H2,1-2H3/t15-/m1/s1. The van der Waals surface area contributed by atoms with E-state index in [0.29, 0.717) is 0 Å². The normalized spacial score (nSPS) is 12.9. The molecule has 0 radical (unpaired) electrons. The highest BCUT2D eigenvalue weighted by Gasteiger charge is 1.98. The number of unbranched alkanes of at least 4 members (excludes halogenated alkanes) is 9. The van der Waals surface area contributed by atoms with Crippen molar-refractivity contribution in [2.75, 3.05) is 13.2 Å². The first-order valence-corrected chi connectivity index (χ1v) is 7.53. The lowest BCUT2D eigenvalue weighted by Crippen LogP contribution is -2.13. The molecule has 2 heteroatoms. The number of aliphatic hydroxyl groups excluding tert-OH is 1. The molecule has 1 N–H and O–H groups in total. The summed E-state index contributed by atoms with van der Waals surface area (Å²) in [4.78, 5) is 0. The van der Waals surface area contributed by atoms with Crippen molar-refractivity contribution >= 4 is 0 Å². The van der Waals surface area contributed by atoms with E-state index in [4.69, 9.17) is 9.84 Å². The van der Waals surface area contributed by atoms with Crippen LogP contribution in [0.15, 0.2) is 0 Å². The van der Waals surface area contributed by atoms with Gasteiger partial charge in [0.05, 0.1) is 12.7 Å². The minimum Gasteiger partial charge on any atom is -0.394 e. The monoisotopic (exact) mass is 244 g/mol. The fourth-order valence-electron chi connectivity index (χ4n) is 1.93. The maximum Gasteiger partial charge on any atom is 0.0777 e. The van der Waals surface area contributed by atoms with Crippen LogP contribution in [0.3, 0.4) is 0 Å². The Labute approximate surface area is 108 Å². The molecule has 0 amide bonds. The number of hydrogen-bond acceptors (Lipinski definition) is 2. The van der Waals surface area contributed by atoms with E-state index in [2.05, 4.69) is 6.92 Å². The van der Waals surface area contributed by atoms with Gasteiger partial charge in [0.25, 0.3) is 0 Å². The van der Waals surface area contributed by atoms with Crippen LogP contribution in [0, 0.1) is 0 Å². The summed E-state index contributed by atoms with van der Waals surface area (Å²) >= 11 is 0. The van der Waals surface area contributed by atoms with E-state index in [-0.39, 0.29) is 12.7 Å². The predicted molar refractivity (Wildman–Crippen MR) is 74.3 cm³/mol. The Kier molecular flexibility index (Phi) is 13.9. The topological polar surface area (TPSA) is 29.5 Å². The second-order valence-electron chi connectivity index (χ2n) is 5.05. The van der Waals surface area contributed by atoms with E-state index in [9.17, 15) is 0 Å². The molecule has 0 aliphatic rings. The summed E-state index contributed by atoms with van der Waals surface area (Å²) in [6.07, 6.45) is 13.5. The molecule has 0 unspecified atom stereocenters. The van der Waals surface area contributed by atoms with Crippen LogP contribution in [-0.2, 0) is 4.74 Å². The van der Waals surface area contributed by atoms with Crippen LogP contribution in [0.25, 0.3) is 0 Å². The van der Waals surface area contributed by atoms with Crippen molar-refractivity contribution in [1.82, 2.24) is 0 Å². The lowest BCUT2D eigenvalue weighted by Gasteiger charge is -2.09. The molecule has 0 bridgehead atoms. The third-order valence-electron chi connectivity index (χ3n) is 3.16. The van der Waals surface area contributed by atoms with Crippen LogP contribution in [0.5, 0.6) is 0 Å². The van der Waals surface area contributed by atoms with Gasteiger partial charge in [-0.05, 0) is 13.3 Å². The summed E-state index contributed by atoms with van der Waals surface area (Å²) in [6.45, 7) is 5.12. The van der Waals surface area contributed by atoms with Gasteiger partial charge in [0.1, 0.15) is 0 Å². The van der Waals surface area contributed by atoms with Gasteiger partial charge in [-0.25, -0.2) is 0 Å². The van der Waals surface area contributed by atoms with E-state index >= 15 is 0 Å². The Morgan fingerprint density at radius 1 is 0.824 bits per heavy atom. The van der Waals surface area contributed by atoms with Crippen LogP contribution in [-0.4, -0.2) is 24.4 Å². The maximum atomic E-state index is 8.77. The zero-order chi connectivity index (χ0) is 12.8. The summed E-state index contributed by atoms with van der Waals surface area (Å²) in [5.41, 5.74) is 0. The molecular formula is C15H32O2. The van der Waals surface area contributed by atoms with Crippen molar-refractivity contribution in [2.24, 2.45) is 0 Å². The number of rotatable bonds is 13. The molecule has 0 fully saturated rings. The molecular weight excluding hydrogens is 212 g/mol. The molecule has 0 aromatic heterocycles. The SMILES string of the molecule is CCCCCCCCCCCCO[C@H](C)CO. The molecule has 0 aliphatic heterocycles. The lowest BCUT2D eigenvalue weighted by molar-refractivity contribution is 0.0231. The van der Waals surface area contributed by atoms with Crippen molar-refractivity contribution in [2.45, 2.75) is 84.2 Å². The second-order valence-corrected chi connectivity index (χ2v) is 5.05. The molecule has 0 saturated carbocycles. The minimum absolute atomic E-state index is 0.00793. The summed E-state index contributed by atoms with van der Waals surface area (Å²) in [7, 11) is 0. The van der Waals surface area contributed by atoms with Gasteiger partial charge in [0.2, 0.25) is 0 Å². The summed E-state index contributed by atoms with van der Waals surface area (Å²) in [5.74, 6) is 0. The molecule has 0 aliphatic carbocycles. The number of hydrogen-bond donors (Lipinski definition) is 1. The third kappa shape index (κ3) is 13.9. The molecule has 0 heterocycles. The van der Waals surface area contributed by atoms with Gasteiger partial charge in [-0.1, -0.05) is 64.7 Å². The molecule has 2 nitrogen and oxygen atoms in total. The number of aliphatic hydroxyl groups is 1. The van der Waals surface area contributed by atoms with E-state index in [1.807, 2.05) is 6.92 Å². The van der Waals surface area contributed by atoms with Crippen LogP contribution in [0.1, 0.15) is 78.1 Å².